The van der Waals surface area contributed by atoms with Crippen LogP contribution in [0, 0.1) is 11.3 Å². The maximum Gasteiger partial charge on any atom is 0.241 e. The van der Waals surface area contributed by atoms with Crippen molar-refractivity contribution in [3.8, 4) is 0 Å². The Morgan fingerprint density at radius 1 is 1.14 bits per heavy atom. The fraction of sp³-hybridized carbons (Fsp3) is 1.00. The van der Waals surface area contributed by atoms with Gasteiger partial charge in [0.1, 0.15) is 0 Å². The first-order valence-corrected chi connectivity index (χ1v) is 5.84. The van der Waals surface area contributed by atoms with E-state index in [9.17, 15) is 0 Å². The Balaban J connectivity index is 2.60. The van der Waals surface area contributed by atoms with Gasteiger partial charge in [0, 0.05) is 11.3 Å². The van der Waals surface area contributed by atoms with Gasteiger partial charge >= 0.3 is 0 Å². The molecule has 0 saturated carbocycles. The number of rotatable bonds is 5. The molecule has 0 spiro atoms. The van der Waals surface area contributed by atoms with Crippen molar-refractivity contribution in [1.29, 1.82) is 0 Å². The standard InChI is InChI=1S/C12H24O2/c1-6-8-9-10(7-2)12(13-14-12)11(3,4)5/h10H,6-9H2,1-5H3. The lowest BCUT2D eigenvalue weighted by Crippen LogP contribution is -2.37. The second-order valence-corrected chi connectivity index (χ2v) is 5.33. The fourth-order valence-corrected chi connectivity index (χ4v) is 2.16. The molecule has 0 amide bonds. The molecule has 14 heavy (non-hydrogen) atoms. The molecule has 0 bridgehead atoms. The number of unbranched alkanes of at least 4 members (excludes halogenated alkanes) is 1. The summed E-state index contributed by atoms with van der Waals surface area (Å²) in [5.41, 5.74) is 0.0847. The molecule has 0 aliphatic carbocycles. The molecule has 1 saturated heterocycles. The zero-order valence-corrected chi connectivity index (χ0v) is 10.2. The van der Waals surface area contributed by atoms with Crippen molar-refractivity contribution < 1.29 is 9.78 Å². The average Bonchev–Trinajstić information content (AvgIpc) is 2.85. The molecule has 1 rings (SSSR count). The quantitative estimate of drug-likeness (QED) is 0.496. The number of hydrogen-bond acceptors (Lipinski definition) is 2. The molecule has 2 nitrogen and oxygen atoms in total. The predicted molar refractivity (Wildman–Crippen MR) is 57.7 cm³/mol. The predicted octanol–water partition coefficient (Wildman–Crippen LogP) is 3.91. The minimum absolute atomic E-state index is 0.0847. The SMILES string of the molecule is CCCCC(CC)C1(C(C)(C)C)OO1. The zero-order chi connectivity index (χ0) is 10.8. The van der Waals surface area contributed by atoms with Crippen LogP contribution in [0.3, 0.4) is 0 Å². The highest BCUT2D eigenvalue weighted by Gasteiger charge is 2.62. The van der Waals surface area contributed by atoms with E-state index in [1.165, 1.54) is 19.3 Å². The molecule has 84 valence electrons. The van der Waals surface area contributed by atoms with Gasteiger partial charge in [0.05, 0.1) is 0 Å². The van der Waals surface area contributed by atoms with Gasteiger partial charge in [0.25, 0.3) is 0 Å². The second kappa shape index (κ2) is 4.19. The Morgan fingerprint density at radius 3 is 2.00 bits per heavy atom. The molecular formula is C12H24O2. The van der Waals surface area contributed by atoms with Gasteiger partial charge in [-0.3, -0.25) is 0 Å². The van der Waals surface area contributed by atoms with E-state index in [0.29, 0.717) is 5.92 Å². The topological polar surface area (TPSA) is 25.1 Å². The lowest BCUT2D eigenvalue weighted by Gasteiger charge is -2.29. The summed E-state index contributed by atoms with van der Waals surface area (Å²) in [6.07, 6.45) is 4.86. The first-order chi connectivity index (χ1) is 6.48. The molecule has 1 heterocycles. The summed E-state index contributed by atoms with van der Waals surface area (Å²) in [5.74, 6) is 0.249. The molecule has 1 aliphatic heterocycles. The monoisotopic (exact) mass is 200 g/mol. The zero-order valence-electron chi connectivity index (χ0n) is 10.2. The van der Waals surface area contributed by atoms with Crippen LogP contribution in [-0.2, 0) is 9.78 Å². The average molecular weight is 200 g/mol. The summed E-state index contributed by atoms with van der Waals surface area (Å²) in [6.45, 7) is 11.0. The van der Waals surface area contributed by atoms with Crippen molar-refractivity contribution in [3.05, 3.63) is 0 Å². The van der Waals surface area contributed by atoms with Crippen molar-refractivity contribution >= 4 is 0 Å². The summed E-state index contributed by atoms with van der Waals surface area (Å²) in [5, 5.41) is 0. The number of hydrogen-bond donors (Lipinski definition) is 0. The van der Waals surface area contributed by atoms with Gasteiger partial charge in [-0.05, 0) is 12.8 Å². The molecule has 0 aromatic heterocycles. The Morgan fingerprint density at radius 2 is 1.71 bits per heavy atom. The summed E-state index contributed by atoms with van der Waals surface area (Å²) >= 11 is 0. The molecular weight excluding hydrogens is 176 g/mol. The highest BCUT2D eigenvalue weighted by Crippen LogP contribution is 2.53. The van der Waals surface area contributed by atoms with E-state index >= 15 is 0 Å². The molecule has 0 aromatic carbocycles. The normalized spacial score (nSPS) is 22.1. The van der Waals surface area contributed by atoms with E-state index in [1.54, 1.807) is 0 Å². The van der Waals surface area contributed by atoms with E-state index < -0.39 is 0 Å². The summed E-state index contributed by atoms with van der Waals surface area (Å²) < 4.78 is 0. The first kappa shape index (κ1) is 12.0. The third-order valence-corrected chi connectivity index (χ3v) is 3.24. The molecule has 0 radical (unpaired) electrons. The van der Waals surface area contributed by atoms with Gasteiger partial charge in [-0.2, -0.15) is 9.78 Å². The summed E-state index contributed by atoms with van der Waals surface area (Å²) in [6, 6.07) is 0. The molecule has 1 fully saturated rings. The summed E-state index contributed by atoms with van der Waals surface area (Å²) in [4.78, 5) is 10.6. The maximum absolute atomic E-state index is 5.31. The minimum atomic E-state index is -0.295. The van der Waals surface area contributed by atoms with Crippen LogP contribution >= 0.6 is 0 Å². The van der Waals surface area contributed by atoms with Crippen LogP contribution in [0.2, 0.25) is 0 Å². The third kappa shape index (κ3) is 2.12. The fourth-order valence-electron chi connectivity index (χ4n) is 2.16. The Kier molecular flexibility index (Phi) is 3.59. The van der Waals surface area contributed by atoms with Crippen LogP contribution in [0.1, 0.15) is 60.3 Å². The van der Waals surface area contributed by atoms with Gasteiger partial charge in [-0.1, -0.05) is 47.5 Å². The molecule has 0 aromatic rings. The Hall–Kier alpha value is -0.0800. The van der Waals surface area contributed by atoms with E-state index in [-0.39, 0.29) is 11.2 Å². The van der Waals surface area contributed by atoms with Crippen molar-refractivity contribution in [1.82, 2.24) is 0 Å². The van der Waals surface area contributed by atoms with Crippen molar-refractivity contribution in [3.63, 3.8) is 0 Å². The van der Waals surface area contributed by atoms with Crippen LogP contribution in [0.5, 0.6) is 0 Å². The molecule has 1 atom stereocenters. The highest BCUT2D eigenvalue weighted by atomic mass is 17.4. The second-order valence-electron chi connectivity index (χ2n) is 5.33. The smallest absolute Gasteiger partial charge is 0.194 e. The first-order valence-electron chi connectivity index (χ1n) is 5.84. The third-order valence-electron chi connectivity index (χ3n) is 3.24. The van der Waals surface area contributed by atoms with Gasteiger partial charge in [-0.15, -0.1) is 0 Å². The van der Waals surface area contributed by atoms with Gasteiger partial charge < -0.3 is 0 Å². The van der Waals surface area contributed by atoms with Crippen LogP contribution < -0.4 is 0 Å². The minimum Gasteiger partial charge on any atom is -0.194 e. The highest BCUT2D eigenvalue weighted by molar-refractivity contribution is 4.93. The van der Waals surface area contributed by atoms with Gasteiger partial charge in [0.15, 0.2) is 0 Å². The van der Waals surface area contributed by atoms with E-state index in [4.69, 9.17) is 9.78 Å². The van der Waals surface area contributed by atoms with Crippen LogP contribution in [-0.4, -0.2) is 5.79 Å². The Labute approximate surface area is 87.9 Å². The van der Waals surface area contributed by atoms with Crippen molar-refractivity contribution in [2.45, 2.75) is 66.1 Å². The lowest BCUT2D eigenvalue weighted by atomic mass is 9.76. The van der Waals surface area contributed by atoms with Gasteiger partial charge in [-0.25, -0.2) is 0 Å². The van der Waals surface area contributed by atoms with Crippen molar-refractivity contribution in [2.24, 2.45) is 11.3 Å². The van der Waals surface area contributed by atoms with Crippen molar-refractivity contribution in [2.75, 3.05) is 0 Å². The van der Waals surface area contributed by atoms with Crippen LogP contribution in [0.15, 0.2) is 0 Å². The lowest BCUT2D eigenvalue weighted by molar-refractivity contribution is 0.0826. The van der Waals surface area contributed by atoms with Crippen LogP contribution in [0.4, 0.5) is 0 Å². The molecule has 1 unspecified atom stereocenters. The Bertz CT molecular complexity index is 177. The molecule has 1 aliphatic rings. The van der Waals surface area contributed by atoms with Gasteiger partial charge in [0.2, 0.25) is 5.79 Å². The molecule has 0 N–H and O–H groups in total. The summed E-state index contributed by atoms with van der Waals surface area (Å²) in [7, 11) is 0. The van der Waals surface area contributed by atoms with E-state index in [2.05, 4.69) is 34.6 Å². The van der Waals surface area contributed by atoms with Crippen LogP contribution in [0.25, 0.3) is 0 Å². The largest absolute Gasteiger partial charge is 0.241 e. The molecule has 2 heteroatoms. The van der Waals surface area contributed by atoms with E-state index in [0.717, 1.165) is 6.42 Å². The maximum atomic E-state index is 5.31. The van der Waals surface area contributed by atoms with E-state index in [1.807, 2.05) is 0 Å².